The van der Waals surface area contributed by atoms with Crippen LogP contribution in [0.5, 0.6) is 0 Å². The van der Waals surface area contributed by atoms with Crippen molar-refractivity contribution in [3.63, 3.8) is 0 Å². The molecule has 2 aromatic heterocycles. The molecule has 0 aliphatic rings. The van der Waals surface area contributed by atoms with Gasteiger partial charge in [0, 0.05) is 23.2 Å². The minimum Gasteiger partial charge on any atom is -0.466 e. The number of hydrogen-bond donors (Lipinski definition) is 2. The van der Waals surface area contributed by atoms with Crippen molar-refractivity contribution in [2.24, 2.45) is 5.73 Å². The Balaban J connectivity index is 1.68. The van der Waals surface area contributed by atoms with Gasteiger partial charge in [-0.15, -0.1) is 0 Å². The first kappa shape index (κ1) is 21.3. The van der Waals surface area contributed by atoms with Crippen LogP contribution in [0.1, 0.15) is 28.5 Å². The maximum atomic E-state index is 13.1. The van der Waals surface area contributed by atoms with Gasteiger partial charge in [-0.1, -0.05) is 36.4 Å². The Kier molecular flexibility index (Phi) is 6.28. The smallest absolute Gasteiger partial charge is 0.310 e. The van der Waals surface area contributed by atoms with Crippen molar-refractivity contribution in [2.45, 2.75) is 19.9 Å². The monoisotopic (exact) mass is 429 g/mol. The van der Waals surface area contributed by atoms with Crippen LogP contribution in [-0.4, -0.2) is 23.5 Å². The van der Waals surface area contributed by atoms with Crippen molar-refractivity contribution in [1.82, 2.24) is 4.98 Å². The van der Waals surface area contributed by atoms with Crippen LogP contribution in [0, 0.1) is 0 Å². The van der Waals surface area contributed by atoms with Crippen molar-refractivity contribution in [2.75, 3.05) is 11.9 Å². The summed E-state index contributed by atoms with van der Waals surface area (Å²) < 4.78 is 10.7. The van der Waals surface area contributed by atoms with Crippen molar-refractivity contribution in [3.8, 4) is 11.3 Å². The highest BCUT2D eigenvalue weighted by Gasteiger charge is 2.17. The van der Waals surface area contributed by atoms with Gasteiger partial charge >= 0.3 is 5.97 Å². The van der Waals surface area contributed by atoms with Gasteiger partial charge in [-0.25, -0.2) is 4.98 Å². The number of benzene rings is 2. The number of aromatic nitrogens is 1. The van der Waals surface area contributed by atoms with Crippen molar-refractivity contribution in [3.05, 3.63) is 83.7 Å². The first-order valence-corrected chi connectivity index (χ1v) is 10.3. The quantitative estimate of drug-likeness (QED) is 0.424. The van der Waals surface area contributed by atoms with E-state index < -0.39 is 0 Å². The van der Waals surface area contributed by atoms with Gasteiger partial charge in [-0.05, 0) is 42.3 Å². The van der Waals surface area contributed by atoms with E-state index in [1.807, 2.05) is 30.3 Å². The van der Waals surface area contributed by atoms with E-state index in [4.69, 9.17) is 14.9 Å². The lowest BCUT2D eigenvalue weighted by Gasteiger charge is -2.12. The van der Waals surface area contributed by atoms with Crippen LogP contribution in [-0.2, 0) is 22.5 Å². The van der Waals surface area contributed by atoms with Crippen molar-refractivity contribution in [1.29, 1.82) is 0 Å². The molecule has 0 unspecified atom stereocenters. The number of amides is 1. The van der Waals surface area contributed by atoms with Crippen molar-refractivity contribution >= 4 is 28.5 Å². The normalized spacial score (nSPS) is 10.8. The molecule has 0 atom stereocenters. The highest BCUT2D eigenvalue weighted by Crippen LogP contribution is 2.29. The van der Waals surface area contributed by atoms with Crippen LogP contribution in [0.3, 0.4) is 0 Å². The minimum absolute atomic E-state index is 0.0651. The Morgan fingerprint density at radius 3 is 2.75 bits per heavy atom. The fourth-order valence-electron chi connectivity index (χ4n) is 3.48. The third-order valence-electron chi connectivity index (χ3n) is 5.01. The molecule has 32 heavy (non-hydrogen) atoms. The number of para-hydroxylation sites is 1. The average molecular weight is 429 g/mol. The number of carbonyl (C=O) groups is 2. The number of rotatable bonds is 7. The van der Waals surface area contributed by atoms with Crippen LogP contribution in [0.4, 0.5) is 5.69 Å². The predicted octanol–water partition coefficient (Wildman–Crippen LogP) is 4.31. The van der Waals surface area contributed by atoms with Gasteiger partial charge < -0.3 is 20.2 Å². The summed E-state index contributed by atoms with van der Waals surface area (Å²) in [5.41, 5.74) is 10.1. The Morgan fingerprint density at radius 1 is 1.09 bits per heavy atom. The molecule has 0 bridgehead atoms. The van der Waals surface area contributed by atoms with Crippen LogP contribution in [0.2, 0.25) is 0 Å². The number of nitrogens with zero attached hydrogens (tertiary/aromatic N) is 1. The third kappa shape index (κ3) is 4.53. The van der Waals surface area contributed by atoms with E-state index in [0.717, 1.165) is 16.5 Å². The zero-order valence-electron chi connectivity index (χ0n) is 17.6. The second-order valence-electron chi connectivity index (χ2n) is 7.19. The highest BCUT2D eigenvalue weighted by molar-refractivity contribution is 6.06. The number of esters is 1. The first-order valence-electron chi connectivity index (χ1n) is 10.3. The second-order valence-corrected chi connectivity index (χ2v) is 7.19. The van der Waals surface area contributed by atoms with Crippen molar-refractivity contribution < 1.29 is 18.7 Å². The zero-order chi connectivity index (χ0) is 22.5. The number of pyridine rings is 1. The molecule has 3 N–H and O–H groups in total. The molecule has 0 radical (unpaired) electrons. The van der Waals surface area contributed by atoms with Crippen LogP contribution < -0.4 is 11.1 Å². The Bertz CT molecular complexity index is 1280. The number of fused-ring (bicyclic) bond motifs is 1. The van der Waals surface area contributed by atoms with Gasteiger partial charge in [0.15, 0.2) is 5.58 Å². The summed E-state index contributed by atoms with van der Waals surface area (Å²) in [6.07, 6.45) is 1.63. The molecule has 0 spiro atoms. The van der Waals surface area contributed by atoms with Crippen LogP contribution in [0.25, 0.3) is 22.2 Å². The van der Waals surface area contributed by atoms with E-state index in [0.29, 0.717) is 35.7 Å². The number of furan rings is 1. The maximum absolute atomic E-state index is 13.1. The van der Waals surface area contributed by atoms with E-state index in [9.17, 15) is 9.59 Å². The summed E-state index contributed by atoms with van der Waals surface area (Å²) in [5, 5.41) is 3.63. The van der Waals surface area contributed by atoms with E-state index in [-0.39, 0.29) is 24.0 Å². The number of anilines is 1. The Labute approximate surface area is 185 Å². The van der Waals surface area contributed by atoms with E-state index in [2.05, 4.69) is 10.3 Å². The first-order chi connectivity index (χ1) is 15.6. The number of nitrogens with two attached hydrogens (primary N) is 1. The molecule has 0 aliphatic carbocycles. The fraction of sp³-hybridized carbons (Fsp3) is 0.160. The summed E-state index contributed by atoms with van der Waals surface area (Å²) in [7, 11) is 0. The Hall–Kier alpha value is -3.97. The van der Waals surface area contributed by atoms with E-state index in [1.54, 1.807) is 43.5 Å². The van der Waals surface area contributed by atoms with Gasteiger partial charge in [0.2, 0.25) is 0 Å². The molecule has 7 heteroatoms. The Morgan fingerprint density at radius 2 is 1.94 bits per heavy atom. The molecule has 2 aromatic carbocycles. The lowest BCUT2D eigenvalue weighted by atomic mass is 10.1. The maximum Gasteiger partial charge on any atom is 0.310 e. The molecular formula is C25H23N3O4. The van der Waals surface area contributed by atoms with Crippen LogP contribution in [0.15, 0.2) is 71.3 Å². The summed E-state index contributed by atoms with van der Waals surface area (Å²) in [4.78, 5) is 29.6. The fourth-order valence-corrected chi connectivity index (χ4v) is 3.48. The predicted molar refractivity (Wildman–Crippen MR) is 122 cm³/mol. The summed E-state index contributed by atoms with van der Waals surface area (Å²) in [5.74, 6) is -0.741. The number of nitrogens with one attached hydrogen (secondary N) is 1. The van der Waals surface area contributed by atoms with Gasteiger partial charge in [0.05, 0.1) is 19.3 Å². The highest BCUT2D eigenvalue weighted by atomic mass is 16.5. The van der Waals surface area contributed by atoms with Gasteiger partial charge in [0.25, 0.3) is 5.91 Å². The summed E-state index contributed by atoms with van der Waals surface area (Å²) >= 11 is 0. The molecule has 0 saturated carbocycles. The molecule has 4 aromatic rings. The molecule has 1 amide bonds. The van der Waals surface area contributed by atoms with Crippen LogP contribution >= 0.6 is 0 Å². The van der Waals surface area contributed by atoms with Gasteiger partial charge in [-0.3, -0.25) is 9.59 Å². The second kappa shape index (κ2) is 9.45. The molecular weight excluding hydrogens is 406 g/mol. The number of ether oxygens (including phenoxy) is 1. The molecule has 4 rings (SSSR count). The third-order valence-corrected chi connectivity index (χ3v) is 5.01. The summed E-state index contributed by atoms with van der Waals surface area (Å²) in [6, 6.07) is 18.3. The molecule has 0 fully saturated rings. The molecule has 2 heterocycles. The standard InChI is InChI=1S/C25H23N3O4/c1-2-31-22(29)14-17-7-3-4-9-20(17)28-25(30)21-13-19-10-11-32-24(19)23(27-21)18-8-5-6-16(12-18)15-26/h3-13H,2,14-15,26H2,1H3,(H,28,30). The van der Waals surface area contributed by atoms with Gasteiger partial charge in [-0.2, -0.15) is 0 Å². The lowest BCUT2D eigenvalue weighted by Crippen LogP contribution is -2.16. The summed E-state index contributed by atoms with van der Waals surface area (Å²) in [6.45, 7) is 2.45. The SMILES string of the molecule is CCOC(=O)Cc1ccccc1NC(=O)c1cc2ccoc2c(-c2cccc(CN)c2)n1. The molecule has 0 saturated heterocycles. The lowest BCUT2D eigenvalue weighted by molar-refractivity contribution is -0.142. The average Bonchev–Trinajstić information content (AvgIpc) is 3.28. The number of carbonyl (C=O) groups excluding carboxylic acids is 2. The molecule has 7 nitrogen and oxygen atoms in total. The molecule has 162 valence electrons. The van der Waals surface area contributed by atoms with Gasteiger partial charge in [0.1, 0.15) is 11.4 Å². The van der Waals surface area contributed by atoms with E-state index >= 15 is 0 Å². The topological polar surface area (TPSA) is 107 Å². The number of hydrogen-bond acceptors (Lipinski definition) is 6. The largest absolute Gasteiger partial charge is 0.466 e. The zero-order valence-corrected chi connectivity index (χ0v) is 17.6. The van der Waals surface area contributed by atoms with E-state index in [1.165, 1.54) is 0 Å². The molecule has 0 aliphatic heterocycles. The minimum atomic E-state index is -0.388.